The Kier molecular flexibility index (Phi) is 5.94. The first-order valence-corrected chi connectivity index (χ1v) is 12.2. The van der Waals surface area contributed by atoms with Crippen molar-refractivity contribution in [2.24, 2.45) is 0 Å². The van der Waals surface area contributed by atoms with Crippen molar-refractivity contribution in [2.75, 3.05) is 13.1 Å². The van der Waals surface area contributed by atoms with Crippen molar-refractivity contribution in [2.45, 2.75) is 51.9 Å². The topological polar surface area (TPSA) is 101 Å². The van der Waals surface area contributed by atoms with E-state index in [1.807, 2.05) is 57.2 Å². The molecule has 3 heterocycles. The molecule has 1 N–H and O–H groups in total. The second-order valence-electron chi connectivity index (χ2n) is 9.80. The summed E-state index contributed by atoms with van der Waals surface area (Å²) in [4.78, 5) is 39.8. The van der Waals surface area contributed by atoms with Gasteiger partial charge >= 0.3 is 11.6 Å². The summed E-state index contributed by atoms with van der Waals surface area (Å²) >= 11 is 0. The van der Waals surface area contributed by atoms with Crippen LogP contribution in [0, 0.1) is 20.8 Å². The number of hydrogen-bond acceptors (Lipinski definition) is 5. The number of likely N-dealkylation sites (tertiary alicyclic amines) is 1. The molecule has 36 heavy (non-hydrogen) atoms. The third kappa shape index (κ3) is 3.79. The Bertz CT molecular complexity index is 1540. The summed E-state index contributed by atoms with van der Waals surface area (Å²) in [5, 5.41) is 11.8. The summed E-state index contributed by atoms with van der Waals surface area (Å²) in [5.41, 5.74) is 3.67. The van der Waals surface area contributed by atoms with Crippen molar-refractivity contribution in [3.05, 3.63) is 80.9 Å². The van der Waals surface area contributed by atoms with Gasteiger partial charge in [-0.3, -0.25) is 9.59 Å². The van der Waals surface area contributed by atoms with Crippen LogP contribution in [0.3, 0.4) is 0 Å². The maximum absolute atomic E-state index is 13.0. The lowest BCUT2D eigenvalue weighted by Gasteiger charge is -2.39. The lowest BCUT2D eigenvalue weighted by Crippen LogP contribution is -2.49. The van der Waals surface area contributed by atoms with E-state index in [1.165, 1.54) is 0 Å². The number of carbonyl (C=O) groups is 2. The van der Waals surface area contributed by atoms with Crippen LogP contribution in [0.4, 0.5) is 0 Å². The van der Waals surface area contributed by atoms with Crippen LogP contribution in [0.1, 0.15) is 47.1 Å². The van der Waals surface area contributed by atoms with Gasteiger partial charge in [-0.15, -0.1) is 0 Å². The molecule has 0 unspecified atom stereocenters. The van der Waals surface area contributed by atoms with Crippen LogP contribution in [0.15, 0.2) is 56.3 Å². The first kappa shape index (κ1) is 23.9. The van der Waals surface area contributed by atoms with Crippen LogP contribution in [0.5, 0.6) is 0 Å². The Morgan fingerprint density at radius 1 is 1.00 bits per heavy atom. The molecule has 186 valence electrons. The molecule has 1 aliphatic rings. The van der Waals surface area contributed by atoms with E-state index in [-0.39, 0.29) is 18.7 Å². The lowest BCUT2D eigenvalue weighted by molar-refractivity contribution is -0.148. The molecular formula is C29H29NO6. The largest absolute Gasteiger partial charge is 0.481 e. The number of amides is 1. The van der Waals surface area contributed by atoms with Gasteiger partial charge in [0, 0.05) is 41.4 Å². The van der Waals surface area contributed by atoms with Crippen molar-refractivity contribution in [1.29, 1.82) is 0 Å². The number of carboxylic acid groups (broad SMARTS) is 1. The van der Waals surface area contributed by atoms with Crippen molar-refractivity contribution in [3.8, 4) is 0 Å². The molecule has 2 aromatic carbocycles. The minimum Gasteiger partial charge on any atom is -0.481 e. The molecule has 1 aliphatic heterocycles. The van der Waals surface area contributed by atoms with Gasteiger partial charge in [0.25, 0.3) is 0 Å². The summed E-state index contributed by atoms with van der Waals surface area (Å²) in [6, 6.07) is 11.2. The Labute approximate surface area is 208 Å². The van der Waals surface area contributed by atoms with Gasteiger partial charge in [-0.05, 0) is 62.8 Å². The average molecular weight is 488 g/mol. The molecule has 0 aliphatic carbocycles. The molecule has 0 atom stereocenters. The fourth-order valence-electron chi connectivity index (χ4n) is 5.52. The number of benzene rings is 2. The van der Waals surface area contributed by atoms with Crippen LogP contribution in [0.2, 0.25) is 0 Å². The van der Waals surface area contributed by atoms with E-state index in [0.717, 1.165) is 33.0 Å². The van der Waals surface area contributed by atoms with Crippen molar-refractivity contribution in [1.82, 2.24) is 4.90 Å². The highest BCUT2D eigenvalue weighted by Gasteiger charge is 2.43. The first-order chi connectivity index (χ1) is 17.2. The minimum atomic E-state index is -0.984. The third-order valence-electron chi connectivity index (χ3n) is 7.83. The third-order valence-corrected chi connectivity index (χ3v) is 7.83. The minimum absolute atomic E-state index is 0.0849. The standard InChI is InChI=1S/C29H29NO6/c1-17-16-35-25-19(3)26-23(15-22(17)25)18(2)21(27(32)36-26)9-10-24(31)30-13-11-29(12-14-30,28(33)34)20-7-5-4-6-8-20/h4-8,15-16H,9-14H2,1-3H3,(H,33,34). The fourth-order valence-corrected chi connectivity index (χ4v) is 5.52. The van der Waals surface area contributed by atoms with Gasteiger partial charge in [0.1, 0.15) is 11.2 Å². The molecular weight excluding hydrogens is 458 g/mol. The molecule has 1 saturated heterocycles. The molecule has 0 radical (unpaired) electrons. The molecule has 1 amide bonds. The second kappa shape index (κ2) is 8.97. The number of furan rings is 1. The molecule has 2 aromatic heterocycles. The maximum atomic E-state index is 13.0. The van der Waals surface area contributed by atoms with Gasteiger partial charge in [0.05, 0.1) is 11.7 Å². The normalized spacial score (nSPS) is 15.5. The van der Waals surface area contributed by atoms with E-state index in [4.69, 9.17) is 8.83 Å². The van der Waals surface area contributed by atoms with Gasteiger partial charge in [0.2, 0.25) is 5.91 Å². The molecule has 7 heteroatoms. The van der Waals surface area contributed by atoms with Crippen LogP contribution < -0.4 is 5.63 Å². The van der Waals surface area contributed by atoms with E-state index in [2.05, 4.69) is 0 Å². The van der Waals surface area contributed by atoms with Crippen molar-refractivity contribution in [3.63, 3.8) is 0 Å². The molecule has 0 saturated carbocycles. The number of fused-ring (bicyclic) bond motifs is 2. The molecule has 4 aromatic rings. The highest BCUT2D eigenvalue weighted by Crippen LogP contribution is 2.36. The number of hydrogen-bond donors (Lipinski definition) is 1. The van der Waals surface area contributed by atoms with Crippen molar-refractivity contribution >= 4 is 33.8 Å². The Morgan fingerprint density at radius 3 is 2.36 bits per heavy atom. The van der Waals surface area contributed by atoms with Gasteiger partial charge in [-0.2, -0.15) is 0 Å². The monoisotopic (exact) mass is 487 g/mol. The van der Waals surface area contributed by atoms with Gasteiger partial charge in [-0.1, -0.05) is 30.3 Å². The quantitative estimate of drug-likeness (QED) is 0.396. The Morgan fingerprint density at radius 2 is 1.69 bits per heavy atom. The highest BCUT2D eigenvalue weighted by atomic mass is 16.4. The number of nitrogens with zero attached hydrogens (tertiary/aromatic N) is 1. The zero-order chi connectivity index (χ0) is 25.6. The van der Waals surface area contributed by atoms with Crippen LogP contribution in [-0.2, 0) is 21.4 Å². The van der Waals surface area contributed by atoms with E-state index >= 15 is 0 Å². The van der Waals surface area contributed by atoms with E-state index in [1.54, 1.807) is 11.2 Å². The number of carbonyl (C=O) groups excluding carboxylic acids is 1. The Hall–Kier alpha value is -3.87. The average Bonchev–Trinajstić information content (AvgIpc) is 3.25. The summed E-state index contributed by atoms with van der Waals surface area (Å²) in [5.74, 6) is -0.944. The predicted octanol–water partition coefficient (Wildman–Crippen LogP) is 5.04. The van der Waals surface area contributed by atoms with Crippen LogP contribution >= 0.6 is 0 Å². The smallest absolute Gasteiger partial charge is 0.339 e. The van der Waals surface area contributed by atoms with Gasteiger partial charge in [-0.25, -0.2) is 4.79 Å². The predicted molar refractivity (Wildman–Crippen MR) is 136 cm³/mol. The molecule has 0 spiro atoms. The van der Waals surface area contributed by atoms with Crippen LogP contribution in [-0.4, -0.2) is 35.0 Å². The summed E-state index contributed by atoms with van der Waals surface area (Å²) in [6.45, 7) is 6.47. The molecule has 5 rings (SSSR count). The SMILES string of the molecule is Cc1coc2c(C)c3oc(=O)c(CCC(=O)N4CCC(C(=O)O)(c5ccccc5)CC4)c(C)c3cc12. The molecule has 0 bridgehead atoms. The van der Waals surface area contributed by atoms with Gasteiger partial charge < -0.3 is 18.8 Å². The number of aliphatic carboxylic acids is 1. The molecule has 7 nitrogen and oxygen atoms in total. The fraction of sp³-hybridized carbons (Fsp3) is 0.345. The van der Waals surface area contributed by atoms with Crippen LogP contribution in [0.25, 0.3) is 21.9 Å². The number of piperidine rings is 1. The summed E-state index contributed by atoms with van der Waals surface area (Å²) in [6.07, 6.45) is 2.83. The second-order valence-corrected chi connectivity index (χ2v) is 9.80. The van der Waals surface area contributed by atoms with Gasteiger partial charge in [0.15, 0.2) is 0 Å². The Balaban J connectivity index is 1.34. The summed E-state index contributed by atoms with van der Waals surface area (Å²) < 4.78 is 11.3. The van der Waals surface area contributed by atoms with E-state index in [0.29, 0.717) is 42.7 Å². The number of rotatable bonds is 5. The lowest BCUT2D eigenvalue weighted by atomic mass is 9.73. The maximum Gasteiger partial charge on any atom is 0.339 e. The molecule has 1 fully saturated rings. The van der Waals surface area contributed by atoms with E-state index < -0.39 is 17.0 Å². The summed E-state index contributed by atoms with van der Waals surface area (Å²) in [7, 11) is 0. The highest BCUT2D eigenvalue weighted by molar-refractivity contribution is 5.99. The van der Waals surface area contributed by atoms with Crippen molar-refractivity contribution < 1.29 is 23.5 Å². The van der Waals surface area contributed by atoms with E-state index in [9.17, 15) is 19.5 Å². The first-order valence-electron chi connectivity index (χ1n) is 12.2. The number of aryl methyl sites for hydroxylation is 3. The number of carboxylic acids is 1. The zero-order valence-electron chi connectivity index (χ0n) is 20.7. The zero-order valence-corrected chi connectivity index (χ0v) is 20.7.